The zero-order chi connectivity index (χ0) is 13.7. The van der Waals surface area contributed by atoms with E-state index in [1.165, 1.54) is 24.3 Å². The van der Waals surface area contributed by atoms with Gasteiger partial charge in [-0.3, -0.25) is 4.79 Å². The Hall–Kier alpha value is -2.37. The highest BCUT2D eigenvalue weighted by atomic mass is 19.1. The van der Waals surface area contributed by atoms with Gasteiger partial charge in [0.1, 0.15) is 5.82 Å². The second-order valence-corrected chi connectivity index (χ2v) is 3.33. The minimum absolute atomic E-state index is 0.1000. The van der Waals surface area contributed by atoms with E-state index in [0.717, 1.165) is 14.0 Å². The summed E-state index contributed by atoms with van der Waals surface area (Å²) in [5.41, 5.74) is 5.94. The Labute approximate surface area is 103 Å². The Bertz CT molecular complexity index is 493. The van der Waals surface area contributed by atoms with E-state index in [2.05, 4.69) is 4.74 Å². The molecule has 0 aliphatic rings. The zero-order valence-electron chi connectivity index (χ0n) is 9.90. The quantitative estimate of drug-likeness (QED) is 0.497. The molecular formula is C12H12FNO4. The van der Waals surface area contributed by atoms with Crippen LogP contribution in [0.1, 0.15) is 12.5 Å². The van der Waals surface area contributed by atoms with Crippen LogP contribution in [0.3, 0.4) is 0 Å². The normalized spacial score (nSPS) is 11.5. The molecule has 5 nitrogen and oxygen atoms in total. The van der Waals surface area contributed by atoms with Crippen LogP contribution in [0.5, 0.6) is 0 Å². The second-order valence-electron chi connectivity index (χ2n) is 3.33. The van der Waals surface area contributed by atoms with Gasteiger partial charge in [-0.05, 0) is 24.3 Å². The van der Waals surface area contributed by atoms with E-state index in [4.69, 9.17) is 10.5 Å². The summed E-state index contributed by atoms with van der Waals surface area (Å²) in [6.45, 7) is 1.13. The molecule has 2 N–H and O–H groups in total. The number of carbonyl (C=O) groups is 2. The SMILES string of the molecule is COC(=O)/C(OC(C)=O)=C(/N)c1ccc(F)cc1. The predicted octanol–water partition coefficient (Wildman–Crippen LogP) is 1.19. The summed E-state index contributed by atoms with van der Waals surface area (Å²) in [5, 5.41) is 0. The molecule has 0 aliphatic heterocycles. The Balaban J connectivity index is 3.21. The lowest BCUT2D eigenvalue weighted by molar-refractivity contribution is -0.148. The molecule has 0 heterocycles. The van der Waals surface area contributed by atoms with E-state index >= 15 is 0 Å². The molecule has 0 radical (unpaired) electrons. The van der Waals surface area contributed by atoms with Crippen LogP contribution in [-0.2, 0) is 19.1 Å². The summed E-state index contributed by atoms with van der Waals surface area (Å²) in [6.07, 6.45) is 0. The predicted molar refractivity (Wildman–Crippen MR) is 61.3 cm³/mol. The smallest absolute Gasteiger partial charge is 0.376 e. The molecule has 1 aromatic carbocycles. The molecule has 0 unspecified atom stereocenters. The van der Waals surface area contributed by atoms with Crippen molar-refractivity contribution < 1.29 is 23.5 Å². The second kappa shape index (κ2) is 5.81. The maximum absolute atomic E-state index is 12.8. The number of ether oxygens (including phenoxy) is 2. The van der Waals surface area contributed by atoms with Crippen LogP contribution in [0.15, 0.2) is 30.0 Å². The monoisotopic (exact) mass is 253 g/mol. The summed E-state index contributed by atoms with van der Waals surface area (Å²) in [5.74, 6) is -2.46. The van der Waals surface area contributed by atoms with Crippen LogP contribution in [0, 0.1) is 5.82 Å². The number of halogens is 1. The van der Waals surface area contributed by atoms with E-state index in [1.807, 2.05) is 0 Å². The number of benzene rings is 1. The Morgan fingerprint density at radius 1 is 1.22 bits per heavy atom. The summed E-state index contributed by atoms with van der Waals surface area (Å²) >= 11 is 0. The van der Waals surface area contributed by atoms with Crippen LogP contribution < -0.4 is 5.73 Å². The highest BCUT2D eigenvalue weighted by Gasteiger charge is 2.19. The molecule has 0 fully saturated rings. The Morgan fingerprint density at radius 3 is 2.22 bits per heavy atom. The van der Waals surface area contributed by atoms with Crippen LogP contribution in [0.25, 0.3) is 5.70 Å². The number of methoxy groups -OCH3 is 1. The molecule has 0 spiro atoms. The van der Waals surface area contributed by atoms with Crippen molar-refractivity contribution in [2.24, 2.45) is 5.73 Å². The molecule has 6 heteroatoms. The van der Waals surface area contributed by atoms with Crippen LogP contribution >= 0.6 is 0 Å². The highest BCUT2D eigenvalue weighted by Crippen LogP contribution is 2.16. The first-order valence-corrected chi connectivity index (χ1v) is 4.98. The molecule has 0 aromatic heterocycles. The fourth-order valence-corrected chi connectivity index (χ4v) is 1.20. The van der Waals surface area contributed by atoms with Crippen molar-refractivity contribution in [2.45, 2.75) is 6.92 Å². The van der Waals surface area contributed by atoms with Crippen molar-refractivity contribution in [2.75, 3.05) is 7.11 Å². The van der Waals surface area contributed by atoms with E-state index in [0.29, 0.717) is 5.56 Å². The number of hydrogen-bond donors (Lipinski definition) is 1. The van der Waals surface area contributed by atoms with Gasteiger partial charge in [0.2, 0.25) is 5.76 Å². The molecule has 0 saturated heterocycles. The fourth-order valence-electron chi connectivity index (χ4n) is 1.20. The van der Waals surface area contributed by atoms with Crippen molar-refractivity contribution in [3.05, 3.63) is 41.4 Å². The molecule has 0 bridgehead atoms. The van der Waals surface area contributed by atoms with Crippen molar-refractivity contribution in [1.82, 2.24) is 0 Å². The molecule has 0 saturated carbocycles. The first-order valence-electron chi connectivity index (χ1n) is 4.98. The summed E-state index contributed by atoms with van der Waals surface area (Å²) in [6, 6.07) is 5.06. The molecule has 1 rings (SSSR count). The Kier molecular flexibility index (Phi) is 4.42. The van der Waals surface area contributed by atoms with Gasteiger partial charge < -0.3 is 15.2 Å². The van der Waals surface area contributed by atoms with Gasteiger partial charge in [-0.15, -0.1) is 0 Å². The van der Waals surface area contributed by atoms with Gasteiger partial charge in [-0.2, -0.15) is 0 Å². The zero-order valence-corrected chi connectivity index (χ0v) is 9.90. The van der Waals surface area contributed by atoms with Gasteiger partial charge in [-0.25, -0.2) is 9.18 Å². The number of rotatable bonds is 3. The molecule has 0 aliphatic carbocycles. The number of carbonyl (C=O) groups excluding carboxylic acids is 2. The first kappa shape index (κ1) is 13.7. The lowest BCUT2D eigenvalue weighted by atomic mass is 10.1. The topological polar surface area (TPSA) is 78.6 Å². The molecular weight excluding hydrogens is 241 g/mol. The van der Waals surface area contributed by atoms with E-state index in [9.17, 15) is 14.0 Å². The van der Waals surface area contributed by atoms with Crippen LogP contribution in [0.4, 0.5) is 4.39 Å². The van der Waals surface area contributed by atoms with Gasteiger partial charge in [-0.1, -0.05) is 0 Å². The Morgan fingerprint density at radius 2 is 1.78 bits per heavy atom. The average molecular weight is 253 g/mol. The number of hydrogen-bond acceptors (Lipinski definition) is 5. The molecule has 18 heavy (non-hydrogen) atoms. The van der Waals surface area contributed by atoms with Gasteiger partial charge in [0.25, 0.3) is 0 Å². The summed E-state index contributed by atoms with van der Waals surface area (Å²) < 4.78 is 21.9. The molecule has 0 amide bonds. The van der Waals surface area contributed by atoms with Crippen molar-refractivity contribution in [3.8, 4) is 0 Å². The third kappa shape index (κ3) is 3.31. The van der Waals surface area contributed by atoms with Crippen LogP contribution in [-0.4, -0.2) is 19.0 Å². The fraction of sp³-hybridized carbons (Fsp3) is 0.167. The van der Waals surface area contributed by atoms with Gasteiger partial charge >= 0.3 is 11.9 Å². The largest absolute Gasteiger partial charge is 0.463 e. The standard InChI is InChI=1S/C12H12FNO4/c1-7(15)18-11(12(16)17-2)10(14)8-3-5-9(13)6-4-8/h3-6H,14H2,1-2H3/b11-10-. The van der Waals surface area contributed by atoms with Gasteiger partial charge in [0, 0.05) is 12.5 Å². The van der Waals surface area contributed by atoms with Crippen molar-refractivity contribution >= 4 is 17.6 Å². The maximum atomic E-state index is 12.8. The van der Waals surface area contributed by atoms with E-state index < -0.39 is 23.5 Å². The average Bonchev–Trinajstić information content (AvgIpc) is 2.35. The minimum atomic E-state index is -0.882. The number of esters is 2. The third-order valence-electron chi connectivity index (χ3n) is 2.02. The van der Waals surface area contributed by atoms with E-state index in [-0.39, 0.29) is 5.70 Å². The van der Waals surface area contributed by atoms with Crippen molar-refractivity contribution in [3.63, 3.8) is 0 Å². The minimum Gasteiger partial charge on any atom is -0.463 e. The molecule has 1 aromatic rings. The van der Waals surface area contributed by atoms with E-state index in [1.54, 1.807) is 0 Å². The third-order valence-corrected chi connectivity index (χ3v) is 2.02. The van der Waals surface area contributed by atoms with Gasteiger partial charge in [0.15, 0.2) is 0 Å². The van der Waals surface area contributed by atoms with Crippen LogP contribution in [0.2, 0.25) is 0 Å². The maximum Gasteiger partial charge on any atom is 0.376 e. The lowest BCUT2D eigenvalue weighted by Gasteiger charge is -2.09. The summed E-state index contributed by atoms with van der Waals surface area (Å²) in [4.78, 5) is 22.3. The highest BCUT2D eigenvalue weighted by molar-refractivity contribution is 5.96. The van der Waals surface area contributed by atoms with Gasteiger partial charge in [0.05, 0.1) is 12.8 Å². The molecule has 96 valence electrons. The molecule has 0 atom stereocenters. The first-order chi connectivity index (χ1) is 8.45. The van der Waals surface area contributed by atoms with Crippen molar-refractivity contribution in [1.29, 1.82) is 0 Å². The number of nitrogens with two attached hydrogens (primary N) is 1. The summed E-state index contributed by atoms with van der Waals surface area (Å²) in [7, 11) is 1.13. The lowest BCUT2D eigenvalue weighted by Crippen LogP contribution is -2.16.